The highest BCUT2D eigenvalue weighted by Gasteiger charge is 2.08. The number of phenols is 1. The van der Waals surface area contributed by atoms with Gasteiger partial charge in [-0.25, -0.2) is 0 Å². The van der Waals surface area contributed by atoms with E-state index in [1.165, 1.54) is 12.1 Å². The van der Waals surface area contributed by atoms with Crippen LogP contribution in [0.15, 0.2) is 18.2 Å². The van der Waals surface area contributed by atoms with Crippen LogP contribution in [0.2, 0.25) is 0 Å². The molecule has 0 aliphatic heterocycles. The Labute approximate surface area is 76.8 Å². The van der Waals surface area contributed by atoms with Gasteiger partial charge < -0.3 is 21.7 Å². The average Bonchev–Trinajstić information content (AvgIpc) is 2.04. The number of hydrogen-bond acceptors (Lipinski definition) is 4. The van der Waals surface area contributed by atoms with Crippen molar-refractivity contribution < 1.29 is 10.2 Å². The molecular formula is C9H14N2O2. The van der Waals surface area contributed by atoms with Gasteiger partial charge in [-0.3, -0.25) is 0 Å². The lowest BCUT2D eigenvalue weighted by molar-refractivity contribution is 0.276. The smallest absolute Gasteiger partial charge is 0.117 e. The van der Waals surface area contributed by atoms with E-state index in [0.717, 1.165) is 5.56 Å². The minimum Gasteiger partial charge on any atom is -0.508 e. The molecule has 0 aliphatic carbocycles. The van der Waals surface area contributed by atoms with Crippen LogP contribution in [-0.2, 0) is 0 Å². The fraction of sp³-hybridized carbons (Fsp3) is 0.333. The van der Waals surface area contributed by atoms with E-state index in [4.69, 9.17) is 21.7 Å². The van der Waals surface area contributed by atoms with E-state index in [0.29, 0.717) is 12.1 Å². The van der Waals surface area contributed by atoms with Gasteiger partial charge in [0.1, 0.15) is 5.75 Å². The highest BCUT2D eigenvalue weighted by molar-refractivity contribution is 5.52. The molecule has 6 N–H and O–H groups in total. The molecule has 4 heteroatoms. The van der Waals surface area contributed by atoms with Crippen LogP contribution >= 0.6 is 0 Å². The van der Waals surface area contributed by atoms with Gasteiger partial charge in [0.15, 0.2) is 0 Å². The second-order valence-electron chi connectivity index (χ2n) is 2.93. The second-order valence-corrected chi connectivity index (χ2v) is 2.93. The summed E-state index contributed by atoms with van der Waals surface area (Å²) in [7, 11) is 0. The lowest BCUT2D eigenvalue weighted by atomic mass is 10.0. The number of anilines is 1. The van der Waals surface area contributed by atoms with Crippen LogP contribution in [0, 0.1) is 0 Å². The molecule has 0 aliphatic rings. The number of hydrogen-bond donors (Lipinski definition) is 4. The summed E-state index contributed by atoms with van der Waals surface area (Å²) in [5, 5.41) is 17.8. The van der Waals surface area contributed by atoms with Gasteiger partial charge >= 0.3 is 0 Å². The Balaban J connectivity index is 2.88. The molecular weight excluding hydrogens is 168 g/mol. The van der Waals surface area contributed by atoms with Crippen LogP contribution in [0.3, 0.4) is 0 Å². The first kappa shape index (κ1) is 9.83. The SMILES string of the molecule is Nc1cc(O)ccc1[C@H](N)CCO. The van der Waals surface area contributed by atoms with E-state index in [1.54, 1.807) is 6.07 Å². The molecule has 0 unspecified atom stereocenters. The molecule has 0 amide bonds. The summed E-state index contributed by atoms with van der Waals surface area (Å²) in [4.78, 5) is 0. The number of aliphatic hydroxyl groups excluding tert-OH is 1. The number of nitrogens with two attached hydrogens (primary N) is 2. The largest absolute Gasteiger partial charge is 0.508 e. The highest BCUT2D eigenvalue weighted by atomic mass is 16.3. The van der Waals surface area contributed by atoms with E-state index in [1.807, 2.05) is 0 Å². The summed E-state index contributed by atoms with van der Waals surface area (Å²) in [5.41, 5.74) is 12.6. The first-order valence-electron chi connectivity index (χ1n) is 4.10. The molecule has 1 rings (SSSR count). The van der Waals surface area contributed by atoms with Crippen LogP contribution in [-0.4, -0.2) is 16.8 Å². The number of aliphatic hydroxyl groups is 1. The van der Waals surface area contributed by atoms with Crippen LogP contribution < -0.4 is 11.5 Å². The van der Waals surface area contributed by atoms with E-state index < -0.39 is 0 Å². The third-order valence-electron chi connectivity index (χ3n) is 1.91. The van der Waals surface area contributed by atoms with Gasteiger partial charge in [0.2, 0.25) is 0 Å². The average molecular weight is 182 g/mol. The molecule has 0 saturated heterocycles. The Bertz CT molecular complexity index is 289. The minimum atomic E-state index is -0.273. The predicted octanol–water partition coefficient (Wildman–Crippen LogP) is 0.357. The molecule has 0 radical (unpaired) electrons. The lowest BCUT2D eigenvalue weighted by Gasteiger charge is -2.12. The first-order chi connectivity index (χ1) is 6.15. The molecule has 1 atom stereocenters. The topological polar surface area (TPSA) is 92.5 Å². The Morgan fingerprint density at radius 3 is 2.62 bits per heavy atom. The number of rotatable bonds is 3. The molecule has 72 valence electrons. The van der Waals surface area contributed by atoms with Crippen molar-refractivity contribution >= 4 is 5.69 Å². The predicted molar refractivity (Wildman–Crippen MR) is 51.2 cm³/mol. The van der Waals surface area contributed by atoms with Gasteiger partial charge in [-0.15, -0.1) is 0 Å². The van der Waals surface area contributed by atoms with Crippen molar-refractivity contribution in [2.24, 2.45) is 5.73 Å². The molecule has 1 aromatic carbocycles. The van der Waals surface area contributed by atoms with E-state index in [2.05, 4.69) is 0 Å². The Hall–Kier alpha value is -1.26. The standard InChI is InChI=1S/C9H14N2O2/c10-8(3-4-12)7-2-1-6(13)5-9(7)11/h1-2,5,8,12-13H,3-4,10-11H2/t8-/m1/s1. The van der Waals surface area contributed by atoms with Crippen molar-refractivity contribution in [1.82, 2.24) is 0 Å². The van der Waals surface area contributed by atoms with Gasteiger partial charge in [0, 0.05) is 24.4 Å². The fourth-order valence-electron chi connectivity index (χ4n) is 1.19. The van der Waals surface area contributed by atoms with Crippen LogP contribution in [0.5, 0.6) is 5.75 Å². The van der Waals surface area contributed by atoms with Gasteiger partial charge in [-0.05, 0) is 18.1 Å². The van der Waals surface area contributed by atoms with Crippen LogP contribution in [0.4, 0.5) is 5.69 Å². The van der Waals surface area contributed by atoms with Crippen molar-refractivity contribution in [1.29, 1.82) is 0 Å². The summed E-state index contributed by atoms with van der Waals surface area (Å²) < 4.78 is 0. The monoisotopic (exact) mass is 182 g/mol. The zero-order valence-corrected chi connectivity index (χ0v) is 7.27. The zero-order chi connectivity index (χ0) is 9.84. The van der Waals surface area contributed by atoms with Crippen molar-refractivity contribution in [3.8, 4) is 5.75 Å². The van der Waals surface area contributed by atoms with Gasteiger partial charge in [-0.2, -0.15) is 0 Å². The number of nitrogen functional groups attached to an aromatic ring is 1. The molecule has 0 bridgehead atoms. The van der Waals surface area contributed by atoms with E-state index in [9.17, 15) is 0 Å². The normalized spacial score (nSPS) is 12.8. The summed E-state index contributed by atoms with van der Waals surface area (Å²) in [6.07, 6.45) is 0.467. The zero-order valence-electron chi connectivity index (χ0n) is 7.27. The third kappa shape index (κ3) is 2.34. The van der Waals surface area contributed by atoms with Crippen molar-refractivity contribution in [3.05, 3.63) is 23.8 Å². The molecule has 0 heterocycles. The quantitative estimate of drug-likeness (QED) is 0.508. The van der Waals surface area contributed by atoms with Crippen molar-refractivity contribution in [2.45, 2.75) is 12.5 Å². The molecule has 13 heavy (non-hydrogen) atoms. The van der Waals surface area contributed by atoms with Gasteiger partial charge in [-0.1, -0.05) is 6.07 Å². The van der Waals surface area contributed by atoms with Crippen molar-refractivity contribution in [3.63, 3.8) is 0 Å². The Kier molecular flexibility index (Phi) is 3.11. The third-order valence-corrected chi connectivity index (χ3v) is 1.91. The minimum absolute atomic E-state index is 0.0292. The summed E-state index contributed by atoms with van der Waals surface area (Å²) >= 11 is 0. The molecule has 4 nitrogen and oxygen atoms in total. The summed E-state index contributed by atoms with van der Waals surface area (Å²) in [6, 6.07) is 4.38. The van der Waals surface area contributed by atoms with Crippen LogP contribution in [0.1, 0.15) is 18.0 Å². The van der Waals surface area contributed by atoms with Crippen molar-refractivity contribution in [2.75, 3.05) is 12.3 Å². The summed E-state index contributed by atoms with van der Waals surface area (Å²) in [6.45, 7) is 0.0292. The van der Waals surface area contributed by atoms with E-state index in [-0.39, 0.29) is 18.4 Å². The second kappa shape index (κ2) is 4.11. The fourth-order valence-corrected chi connectivity index (χ4v) is 1.19. The Morgan fingerprint density at radius 2 is 2.08 bits per heavy atom. The lowest BCUT2D eigenvalue weighted by Crippen LogP contribution is -2.13. The maximum Gasteiger partial charge on any atom is 0.117 e. The Morgan fingerprint density at radius 1 is 1.38 bits per heavy atom. The first-order valence-corrected chi connectivity index (χ1v) is 4.10. The van der Waals surface area contributed by atoms with E-state index >= 15 is 0 Å². The highest BCUT2D eigenvalue weighted by Crippen LogP contribution is 2.24. The summed E-state index contributed by atoms with van der Waals surface area (Å²) in [5.74, 6) is 0.123. The number of benzene rings is 1. The maximum absolute atomic E-state index is 9.08. The molecule has 0 fully saturated rings. The molecule has 0 spiro atoms. The number of phenolic OH excluding ortho intramolecular Hbond substituents is 1. The maximum atomic E-state index is 9.08. The molecule has 0 saturated carbocycles. The number of aromatic hydroxyl groups is 1. The molecule has 1 aromatic rings. The van der Waals surface area contributed by atoms with Gasteiger partial charge in [0.25, 0.3) is 0 Å². The van der Waals surface area contributed by atoms with Gasteiger partial charge in [0.05, 0.1) is 0 Å². The molecule has 0 aromatic heterocycles. The van der Waals surface area contributed by atoms with Crippen LogP contribution in [0.25, 0.3) is 0 Å².